The van der Waals surface area contributed by atoms with Crippen LogP contribution in [0.1, 0.15) is 39.5 Å². The van der Waals surface area contributed by atoms with E-state index in [1.807, 2.05) is 0 Å². The van der Waals surface area contributed by atoms with Gasteiger partial charge in [0, 0.05) is 0 Å². The molecule has 0 radical (unpaired) electrons. The molecule has 0 aliphatic heterocycles. The minimum Gasteiger partial charge on any atom is -0.0837 e. The number of hydrogen-bond acceptors (Lipinski definition) is 0. The van der Waals surface area contributed by atoms with Crippen LogP contribution in [0.3, 0.4) is 0 Å². The summed E-state index contributed by atoms with van der Waals surface area (Å²) in [6.45, 7) is 4.74. The van der Waals surface area contributed by atoms with Gasteiger partial charge in [-0.25, -0.2) is 0 Å². The molecule has 0 bridgehead atoms. The molecule has 66 valence electrons. The molecule has 2 aliphatic rings. The van der Waals surface area contributed by atoms with Gasteiger partial charge in [0.1, 0.15) is 0 Å². The van der Waals surface area contributed by atoms with E-state index >= 15 is 0 Å². The van der Waals surface area contributed by atoms with E-state index in [9.17, 15) is 0 Å². The molecule has 0 heterocycles. The lowest BCUT2D eigenvalue weighted by atomic mass is 9.75. The lowest BCUT2D eigenvalue weighted by Crippen LogP contribution is -2.15. The molecule has 0 fully saturated rings. The lowest BCUT2D eigenvalue weighted by Gasteiger charge is -2.30. The van der Waals surface area contributed by atoms with Gasteiger partial charge in [-0.2, -0.15) is 0 Å². The van der Waals surface area contributed by atoms with E-state index in [0.717, 1.165) is 11.8 Å². The molecule has 0 saturated carbocycles. The fraction of sp³-hybridized carbons (Fsp3) is 0.667. The van der Waals surface area contributed by atoms with Crippen molar-refractivity contribution in [1.82, 2.24) is 0 Å². The maximum absolute atomic E-state index is 2.37. The first-order chi connectivity index (χ1) is 5.79. The normalized spacial score (nSPS) is 35.2. The third kappa shape index (κ3) is 1.24. The van der Waals surface area contributed by atoms with Crippen LogP contribution < -0.4 is 0 Å². The molecule has 0 saturated heterocycles. The van der Waals surface area contributed by atoms with Gasteiger partial charge in [-0.15, -0.1) is 0 Å². The van der Waals surface area contributed by atoms with E-state index in [4.69, 9.17) is 0 Å². The van der Waals surface area contributed by atoms with Gasteiger partial charge in [-0.05, 0) is 43.1 Å². The molecule has 12 heavy (non-hydrogen) atoms. The van der Waals surface area contributed by atoms with Crippen molar-refractivity contribution in [3.63, 3.8) is 0 Å². The molecule has 0 nitrogen and oxygen atoms in total. The summed E-state index contributed by atoms with van der Waals surface area (Å²) >= 11 is 0. The maximum Gasteiger partial charge on any atom is -0.0191 e. The number of hydrogen-bond donors (Lipinski definition) is 0. The number of rotatable bonds is 0. The minimum absolute atomic E-state index is 0.827. The zero-order chi connectivity index (χ0) is 8.55. The summed E-state index contributed by atoms with van der Waals surface area (Å²) in [5.41, 5.74) is 3.43. The number of allylic oxidation sites excluding steroid dienone is 4. The fourth-order valence-corrected chi connectivity index (χ4v) is 2.56. The van der Waals surface area contributed by atoms with Gasteiger partial charge in [-0.3, -0.25) is 0 Å². The van der Waals surface area contributed by atoms with Crippen LogP contribution in [0.25, 0.3) is 0 Å². The van der Waals surface area contributed by atoms with Crippen LogP contribution in [0.2, 0.25) is 0 Å². The smallest absolute Gasteiger partial charge is 0.0191 e. The monoisotopic (exact) mass is 162 g/mol. The summed E-state index contributed by atoms with van der Waals surface area (Å²) in [5.74, 6) is 1.65. The Morgan fingerprint density at radius 3 is 2.83 bits per heavy atom. The summed E-state index contributed by atoms with van der Waals surface area (Å²) in [6.07, 6.45) is 10.2. The van der Waals surface area contributed by atoms with E-state index in [-0.39, 0.29) is 0 Å². The minimum atomic E-state index is 0.827. The lowest BCUT2D eigenvalue weighted by molar-refractivity contribution is 0.494. The molecule has 0 amide bonds. The average Bonchev–Trinajstić information content (AvgIpc) is 2.07. The molecule has 2 rings (SSSR count). The highest BCUT2D eigenvalue weighted by atomic mass is 14.3. The second-order valence-electron chi connectivity index (χ2n) is 4.31. The SMILES string of the molecule is CC1CCCC2=C1C=CCC2C. The van der Waals surface area contributed by atoms with Crippen molar-refractivity contribution >= 4 is 0 Å². The molecule has 2 atom stereocenters. The van der Waals surface area contributed by atoms with Crippen LogP contribution in [0, 0.1) is 11.8 Å². The van der Waals surface area contributed by atoms with Crippen molar-refractivity contribution in [3.05, 3.63) is 23.3 Å². The van der Waals surface area contributed by atoms with Gasteiger partial charge >= 0.3 is 0 Å². The van der Waals surface area contributed by atoms with Gasteiger partial charge in [0.25, 0.3) is 0 Å². The molecule has 0 aromatic rings. The Hall–Kier alpha value is -0.520. The first-order valence-corrected chi connectivity index (χ1v) is 5.18. The Kier molecular flexibility index (Phi) is 2.08. The molecular formula is C12H18. The highest BCUT2D eigenvalue weighted by Gasteiger charge is 2.22. The largest absolute Gasteiger partial charge is 0.0837 e. The van der Waals surface area contributed by atoms with Crippen LogP contribution >= 0.6 is 0 Å². The van der Waals surface area contributed by atoms with Crippen molar-refractivity contribution in [2.75, 3.05) is 0 Å². The van der Waals surface area contributed by atoms with Gasteiger partial charge in [-0.1, -0.05) is 31.6 Å². The van der Waals surface area contributed by atoms with Crippen LogP contribution in [-0.2, 0) is 0 Å². The van der Waals surface area contributed by atoms with Gasteiger partial charge in [0.15, 0.2) is 0 Å². The van der Waals surface area contributed by atoms with E-state index in [2.05, 4.69) is 26.0 Å². The molecule has 0 aromatic heterocycles. The Labute approximate surface area is 75.4 Å². The van der Waals surface area contributed by atoms with E-state index in [1.54, 1.807) is 11.1 Å². The van der Waals surface area contributed by atoms with E-state index < -0.39 is 0 Å². The zero-order valence-electron chi connectivity index (χ0n) is 8.14. The molecule has 0 aromatic carbocycles. The van der Waals surface area contributed by atoms with Crippen molar-refractivity contribution in [2.45, 2.75) is 39.5 Å². The summed E-state index contributed by atoms with van der Waals surface area (Å²) in [6, 6.07) is 0. The van der Waals surface area contributed by atoms with E-state index in [1.165, 1.54) is 25.7 Å². The van der Waals surface area contributed by atoms with Gasteiger partial charge < -0.3 is 0 Å². The van der Waals surface area contributed by atoms with Gasteiger partial charge in [0.05, 0.1) is 0 Å². The summed E-state index contributed by atoms with van der Waals surface area (Å²) < 4.78 is 0. The third-order valence-electron chi connectivity index (χ3n) is 3.37. The van der Waals surface area contributed by atoms with Crippen LogP contribution in [-0.4, -0.2) is 0 Å². The third-order valence-corrected chi connectivity index (χ3v) is 3.37. The standard InChI is InChI=1S/C12H18/c1-9-5-3-8-12-10(2)6-4-7-11(9)12/h3,8-10H,4-7H2,1-2H3. The van der Waals surface area contributed by atoms with E-state index in [0.29, 0.717) is 0 Å². The van der Waals surface area contributed by atoms with Crippen LogP contribution in [0.4, 0.5) is 0 Å². The molecule has 2 unspecified atom stereocenters. The summed E-state index contributed by atoms with van der Waals surface area (Å²) in [5, 5.41) is 0. The first kappa shape index (κ1) is 8.10. The van der Waals surface area contributed by atoms with Crippen LogP contribution in [0.5, 0.6) is 0 Å². The average molecular weight is 162 g/mol. The molecule has 0 spiro atoms. The Balaban J connectivity index is 2.33. The molecule has 2 aliphatic carbocycles. The quantitative estimate of drug-likeness (QED) is 0.509. The topological polar surface area (TPSA) is 0 Å². The summed E-state index contributed by atoms with van der Waals surface area (Å²) in [7, 11) is 0. The van der Waals surface area contributed by atoms with Crippen molar-refractivity contribution in [2.24, 2.45) is 11.8 Å². The maximum atomic E-state index is 2.37. The Morgan fingerprint density at radius 1 is 1.25 bits per heavy atom. The predicted molar refractivity (Wildman–Crippen MR) is 53.0 cm³/mol. The Bertz CT molecular complexity index is 232. The summed E-state index contributed by atoms with van der Waals surface area (Å²) in [4.78, 5) is 0. The molecular weight excluding hydrogens is 144 g/mol. The van der Waals surface area contributed by atoms with Gasteiger partial charge in [0.2, 0.25) is 0 Å². The first-order valence-electron chi connectivity index (χ1n) is 5.18. The molecule has 0 heteroatoms. The second kappa shape index (κ2) is 3.08. The van der Waals surface area contributed by atoms with Crippen molar-refractivity contribution in [3.8, 4) is 0 Å². The highest BCUT2D eigenvalue weighted by molar-refractivity contribution is 5.34. The molecule has 0 N–H and O–H groups in total. The highest BCUT2D eigenvalue weighted by Crippen LogP contribution is 2.38. The fourth-order valence-electron chi connectivity index (χ4n) is 2.56. The van der Waals surface area contributed by atoms with Crippen molar-refractivity contribution < 1.29 is 0 Å². The van der Waals surface area contributed by atoms with Crippen LogP contribution in [0.15, 0.2) is 23.3 Å². The Morgan fingerprint density at radius 2 is 2.08 bits per heavy atom. The zero-order valence-corrected chi connectivity index (χ0v) is 8.14. The van der Waals surface area contributed by atoms with Crippen molar-refractivity contribution in [1.29, 1.82) is 0 Å². The predicted octanol–water partition coefficient (Wildman–Crippen LogP) is 3.70. The second-order valence-corrected chi connectivity index (χ2v) is 4.31.